The van der Waals surface area contributed by atoms with Gasteiger partial charge in [-0.1, -0.05) is 13.3 Å². The molecule has 0 saturated carbocycles. The van der Waals surface area contributed by atoms with Gasteiger partial charge < -0.3 is 10.5 Å². The van der Waals surface area contributed by atoms with Crippen LogP contribution in [0.3, 0.4) is 0 Å². The monoisotopic (exact) mass is 195 g/mol. The molecule has 0 heterocycles. The van der Waals surface area contributed by atoms with E-state index in [9.17, 15) is 4.79 Å². The SMILES string of the molecule is CCCC(CN)CC(=O)OC.Cl. The molecule has 0 aliphatic heterocycles. The maximum absolute atomic E-state index is 10.8. The van der Waals surface area contributed by atoms with Crippen LogP contribution in [-0.2, 0) is 9.53 Å². The summed E-state index contributed by atoms with van der Waals surface area (Å²) in [4.78, 5) is 10.8. The lowest BCUT2D eigenvalue weighted by molar-refractivity contribution is -0.141. The normalized spacial score (nSPS) is 11.6. The minimum atomic E-state index is -0.158. The minimum absolute atomic E-state index is 0. The largest absolute Gasteiger partial charge is 0.469 e. The molecule has 0 aliphatic carbocycles. The molecule has 12 heavy (non-hydrogen) atoms. The Morgan fingerprint density at radius 3 is 2.50 bits per heavy atom. The van der Waals surface area contributed by atoms with Crippen LogP contribution in [0, 0.1) is 5.92 Å². The second kappa shape index (κ2) is 8.81. The van der Waals surface area contributed by atoms with Crippen molar-refractivity contribution < 1.29 is 9.53 Å². The van der Waals surface area contributed by atoms with Crippen molar-refractivity contribution in [2.45, 2.75) is 26.2 Å². The number of hydrogen-bond acceptors (Lipinski definition) is 3. The molecule has 0 fully saturated rings. The molecule has 0 rings (SSSR count). The molecule has 0 aromatic rings. The van der Waals surface area contributed by atoms with Gasteiger partial charge in [-0.3, -0.25) is 4.79 Å². The first-order chi connectivity index (χ1) is 5.24. The zero-order valence-electron chi connectivity index (χ0n) is 7.71. The van der Waals surface area contributed by atoms with Crippen LogP contribution in [0.4, 0.5) is 0 Å². The molecular weight excluding hydrogens is 178 g/mol. The molecule has 3 nitrogen and oxygen atoms in total. The number of esters is 1. The van der Waals surface area contributed by atoms with E-state index in [1.165, 1.54) is 7.11 Å². The lowest BCUT2D eigenvalue weighted by atomic mass is 10.0. The number of carbonyl (C=O) groups excluding carboxylic acids is 1. The average molecular weight is 196 g/mol. The van der Waals surface area contributed by atoms with Crippen LogP contribution in [-0.4, -0.2) is 19.6 Å². The summed E-state index contributed by atoms with van der Waals surface area (Å²) in [5, 5.41) is 0. The number of nitrogens with two attached hydrogens (primary N) is 1. The highest BCUT2D eigenvalue weighted by molar-refractivity contribution is 5.85. The number of methoxy groups -OCH3 is 1. The first-order valence-electron chi connectivity index (χ1n) is 4.01. The summed E-state index contributed by atoms with van der Waals surface area (Å²) < 4.78 is 4.53. The third-order valence-electron chi connectivity index (χ3n) is 1.71. The van der Waals surface area contributed by atoms with Crippen LogP contribution in [0.1, 0.15) is 26.2 Å². The van der Waals surface area contributed by atoms with E-state index in [2.05, 4.69) is 11.7 Å². The Bertz CT molecular complexity index is 120. The van der Waals surface area contributed by atoms with E-state index < -0.39 is 0 Å². The first kappa shape index (κ1) is 14.3. The van der Waals surface area contributed by atoms with Crippen LogP contribution in [0.5, 0.6) is 0 Å². The van der Waals surface area contributed by atoms with Gasteiger partial charge in [0.2, 0.25) is 0 Å². The second-order valence-corrected chi connectivity index (χ2v) is 2.67. The van der Waals surface area contributed by atoms with E-state index in [-0.39, 0.29) is 18.4 Å². The Labute approximate surface area is 80.1 Å². The summed E-state index contributed by atoms with van der Waals surface area (Å²) in [6, 6.07) is 0. The number of rotatable bonds is 5. The molecule has 0 saturated heterocycles. The predicted octanol–water partition coefficient (Wildman–Crippen LogP) is 1.35. The Morgan fingerprint density at radius 2 is 2.17 bits per heavy atom. The Morgan fingerprint density at radius 1 is 1.58 bits per heavy atom. The van der Waals surface area contributed by atoms with E-state index in [0.717, 1.165) is 12.8 Å². The van der Waals surface area contributed by atoms with Crippen LogP contribution in [0.15, 0.2) is 0 Å². The van der Waals surface area contributed by atoms with Crippen molar-refractivity contribution in [3.8, 4) is 0 Å². The summed E-state index contributed by atoms with van der Waals surface area (Å²) in [6.45, 7) is 2.66. The second-order valence-electron chi connectivity index (χ2n) is 2.67. The van der Waals surface area contributed by atoms with Crippen LogP contribution < -0.4 is 5.73 Å². The summed E-state index contributed by atoms with van der Waals surface area (Å²) >= 11 is 0. The van der Waals surface area contributed by atoms with Gasteiger partial charge in [0.15, 0.2) is 0 Å². The Kier molecular flexibility index (Phi) is 10.5. The summed E-state index contributed by atoms with van der Waals surface area (Å²) in [5.74, 6) is 0.140. The maximum atomic E-state index is 10.8. The van der Waals surface area contributed by atoms with Crippen LogP contribution in [0.25, 0.3) is 0 Å². The van der Waals surface area contributed by atoms with Crippen molar-refractivity contribution in [1.82, 2.24) is 0 Å². The lowest BCUT2D eigenvalue weighted by Gasteiger charge is -2.10. The third-order valence-corrected chi connectivity index (χ3v) is 1.71. The van der Waals surface area contributed by atoms with Gasteiger partial charge in [-0.05, 0) is 18.9 Å². The van der Waals surface area contributed by atoms with Gasteiger partial charge in [-0.15, -0.1) is 12.4 Å². The summed E-state index contributed by atoms with van der Waals surface area (Å²) in [6.07, 6.45) is 2.53. The zero-order valence-corrected chi connectivity index (χ0v) is 8.52. The molecule has 0 spiro atoms. The number of carbonyl (C=O) groups is 1. The van der Waals surface area contributed by atoms with Gasteiger partial charge in [0.1, 0.15) is 0 Å². The van der Waals surface area contributed by atoms with Crippen molar-refractivity contribution in [1.29, 1.82) is 0 Å². The van der Waals surface area contributed by atoms with E-state index in [4.69, 9.17) is 5.73 Å². The van der Waals surface area contributed by atoms with Crippen LogP contribution >= 0.6 is 12.4 Å². The topological polar surface area (TPSA) is 52.3 Å². The highest BCUT2D eigenvalue weighted by Gasteiger charge is 2.10. The highest BCUT2D eigenvalue weighted by atomic mass is 35.5. The number of halogens is 1. The summed E-state index contributed by atoms with van der Waals surface area (Å²) in [7, 11) is 1.40. The van der Waals surface area contributed by atoms with E-state index in [0.29, 0.717) is 18.9 Å². The zero-order chi connectivity index (χ0) is 8.69. The van der Waals surface area contributed by atoms with Gasteiger partial charge in [0.25, 0.3) is 0 Å². The standard InChI is InChI=1S/C8H17NO2.ClH/c1-3-4-7(6-9)5-8(10)11-2;/h7H,3-6,9H2,1-2H3;1H. The molecule has 1 atom stereocenters. The fourth-order valence-corrected chi connectivity index (χ4v) is 1.03. The van der Waals surface area contributed by atoms with E-state index >= 15 is 0 Å². The van der Waals surface area contributed by atoms with Crippen molar-refractivity contribution in [3.63, 3.8) is 0 Å². The molecule has 0 bridgehead atoms. The van der Waals surface area contributed by atoms with Gasteiger partial charge in [-0.2, -0.15) is 0 Å². The van der Waals surface area contributed by atoms with Gasteiger partial charge in [-0.25, -0.2) is 0 Å². The smallest absolute Gasteiger partial charge is 0.305 e. The summed E-state index contributed by atoms with van der Waals surface area (Å²) in [5.41, 5.74) is 5.45. The van der Waals surface area contributed by atoms with Crippen molar-refractivity contribution in [2.75, 3.05) is 13.7 Å². The molecular formula is C8H18ClNO2. The lowest BCUT2D eigenvalue weighted by Crippen LogP contribution is -2.18. The molecule has 2 N–H and O–H groups in total. The highest BCUT2D eigenvalue weighted by Crippen LogP contribution is 2.09. The Balaban J connectivity index is 0. The Hall–Kier alpha value is -0.280. The third kappa shape index (κ3) is 6.43. The molecule has 0 radical (unpaired) electrons. The van der Waals surface area contributed by atoms with Gasteiger partial charge in [0, 0.05) is 6.42 Å². The molecule has 0 amide bonds. The molecule has 4 heteroatoms. The molecule has 1 unspecified atom stereocenters. The number of hydrogen-bond donors (Lipinski definition) is 1. The average Bonchev–Trinajstić information content (AvgIpc) is 2.03. The minimum Gasteiger partial charge on any atom is -0.469 e. The van der Waals surface area contributed by atoms with E-state index in [1.807, 2.05) is 0 Å². The van der Waals surface area contributed by atoms with Crippen molar-refractivity contribution in [2.24, 2.45) is 11.7 Å². The molecule has 0 aromatic heterocycles. The van der Waals surface area contributed by atoms with Crippen molar-refractivity contribution in [3.05, 3.63) is 0 Å². The molecule has 0 aromatic carbocycles. The fourth-order valence-electron chi connectivity index (χ4n) is 1.03. The fraction of sp³-hybridized carbons (Fsp3) is 0.875. The molecule has 0 aliphatic rings. The molecule has 74 valence electrons. The quantitative estimate of drug-likeness (QED) is 0.674. The van der Waals surface area contributed by atoms with Gasteiger partial charge >= 0.3 is 5.97 Å². The van der Waals surface area contributed by atoms with E-state index in [1.54, 1.807) is 0 Å². The van der Waals surface area contributed by atoms with Crippen molar-refractivity contribution >= 4 is 18.4 Å². The van der Waals surface area contributed by atoms with Crippen LogP contribution in [0.2, 0.25) is 0 Å². The van der Waals surface area contributed by atoms with Gasteiger partial charge in [0.05, 0.1) is 7.11 Å². The predicted molar refractivity (Wildman–Crippen MR) is 51.3 cm³/mol. The number of ether oxygens (including phenoxy) is 1. The maximum Gasteiger partial charge on any atom is 0.305 e. The first-order valence-corrected chi connectivity index (χ1v) is 4.01.